The number of hydrogen-bond acceptors (Lipinski definition) is 7. The van der Waals surface area contributed by atoms with E-state index in [0.29, 0.717) is 24.3 Å². The standard InChI is InChI=1S/C18H18N4O5S2/c1-21(2)29(25,26)22-5-3-11(4-6-22)14-10-19-9-12-7-13(27-16(12)14)8-15-17(23)20-18(24)28-15/h3,7-10H,4-6H2,1-2H3,(H,20,23,24). The first kappa shape index (κ1) is 19.8. The highest BCUT2D eigenvalue weighted by molar-refractivity contribution is 8.18. The normalized spacial score (nSPS) is 20.0. The molecule has 2 aliphatic rings. The van der Waals surface area contributed by atoms with Crippen LogP contribution in [0.1, 0.15) is 17.7 Å². The molecule has 1 N–H and O–H groups in total. The summed E-state index contributed by atoms with van der Waals surface area (Å²) in [7, 11) is -0.443. The quantitative estimate of drug-likeness (QED) is 0.733. The van der Waals surface area contributed by atoms with Crippen molar-refractivity contribution in [1.29, 1.82) is 0 Å². The fraction of sp³-hybridized carbons (Fsp3) is 0.278. The highest BCUT2D eigenvalue weighted by Crippen LogP contribution is 2.33. The van der Waals surface area contributed by atoms with Gasteiger partial charge in [0, 0.05) is 56.6 Å². The average molecular weight is 434 g/mol. The van der Waals surface area contributed by atoms with Gasteiger partial charge >= 0.3 is 0 Å². The number of rotatable bonds is 4. The van der Waals surface area contributed by atoms with E-state index in [0.717, 1.165) is 28.3 Å². The van der Waals surface area contributed by atoms with E-state index in [2.05, 4.69) is 10.3 Å². The monoisotopic (exact) mass is 434 g/mol. The number of nitrogens with one attached hydrogen (secondary N) is 1. The molecule has 1 fully saturated rings. The maximum Gasteiger partial charge on any atom is 0.290 e. The number of nitrogens with zero attached hydrogens (tertiary/aromatic N) is 3. The SMILES string of the molecule is CN(C)S(=O)(=O)N1CC=C(c2cncc3cc(C=C4SC(=O)NC4=O)oc23)CC1. The topological polar surface area (TPSA) is 113 Å². The zero-order valence-electron chi connectivity index (χ0n) is 15.7. The van der Waals surface area contributed by atoms with Crippen molar-refractivity contribution in [1.82, 2.24) is 18.9 Å². The summed E-state index contributed by atoms with van der Waals surface area (Å²) in [4.78, 5) is 27.6. The van der Waals surface area contributed by atoms with Crippen LogP contribution in [0.4, 0.5) is 4.79 Å². The highest BCUT2D eigenvalue weighted by Gasteiger charge is 2.28. The van der Waals surface area contributed by atoms with Gasteiger partial charge in [-0.15, -0.1) is 0 Å². The van der Waals surface area contributed by atoms with Gasteiger partial charge in [0.15, 0.2) is 0 Å². The van der Waals surface area contributed by atoms with Gasteiger partial charge in [0.1, 0.15) is 11.3 Å². The Labute approximate surface area is 171 Å². The van der Waals surface area contributed by atoms with Crippen molar-refractivity contribution in [3.8, 4) is 0 Å². The first-order chi connectivity index (χ1) is 13.8. The number of aromatic nitrogens is 1. The Morgan fingerprint density at radius 1 is 1.31 bits per heavy atom. The molecule has 2 aliphatic heterocycles. The van der Waals surface area contributed by atoms with Crippen LogP contribution in [-0.4, -0.2) is 60.3 Å². The second kappa shape index (κ2) is 7.41. The molecule has 0 atom stereocenters. The molecular formula is C18H18N4O5S2. The average Bonchev–Trinajstić information content (AvgIpc) is 3.23. The molecule has 0 spiro atoms. The Bertz CT molecular complexity index is 1180. The van der Waals surface area contributed by atoms with E-state index in [-0.39, 0.29) is 11.4 Å². The minimum absolute atomic E-state index is 0.267. The molecule has 0 aliphatic carbocycles. The summed E-state index contributed by atoms with van der Waals surface area (Å²) in [5.74, 6) is -0.00851. The lowest BCUT2D eigenvalue weighted by Gasteiger charge is -2.28. The van der Waals surface area contributed by atoms with Crippen LogP contribution in [0, 0.1) is 0 Å². The third-order valence-electron chi connectivity index (χ3n) is 4.66. The molecule has 9 nitrogen and oxygen atoms in total. The number of pyridine rings is 1. The first-order valence-electron chi connectivity index (χ1n) is 8.75. The first-order valence-corrected chi connectivity index (χ1v) is 11.0. The largest absolute Gasteiger partial charge is 0.456 e. The van der Waals surface area contributed by atoms with Crippen molar-refractivity contribution >= 4 is 55.7 Å². The Morgan fingerprint density at radius 3 is 2.72 bits per heavy atom. The molecule has 11 heteroatoms. The zero-order chi connectivity index (χ0) is 20.8. The predicted octanol–water partition coefficient (Wildman–Crippen LogP) is 2.05. The lowest BCUT2D eigenvalue weighted by molar-refractivity contribution is -0.115. The van der Waals surface area contributed by atoms with E-state index in [4.69, 9.17) is 4.42 Å². The van der Waals surface area contributed by atoms with Crippen LogP contribution in [0.15, 0.2) is 33.9 Å². The molecule has 2 amide bonds. The van der Waals surface area contributed by atoms with Crippen LogP contribution in [-0.2, 0) is 15.0 Å². The molecule has 0 unspecified atom stereocenters. The van der Waals surface area contributed by atoms with E-state index >= 15 is 0 Å². The number of amides is 2. The second-order valence-electron chi connectivity index (χ2n) is 6.73. The van der Waals surface area contributed by atoms with Crippen LogP contribution in [0.2, 0.25) is 0 Å². The van der Waals surface area contributed by atoms with Gasteiger partial charge in [-0.1, -0.05) is 6.08 Å². The molecular weight excluding hydrogens is 416 g/mol. The fourth-order valence-electron chi connectivity index (χ4n) is 3.17. The number of fused-ring (bicyclic) bond motifs is 1. The molecule has 0 aromatic carbocycles. The third kappa shape index (κ3) is 3.73. The summed E-state index contributed by atoms with van der Waals surface area (Å²) >= 11 is 0.824. The summed E-state index contributed by atoms with van der Waals surface area (Å²) in [6.07, 6.45) is 7.25. The van der Waals surface area contributed by atoms with Crippen LogP contribution in [0.5, 0.6) is 0 Å². The van der Waals surface area contributed by atoms with E-state index in [1.807, 2.05) is 6.08 Å². The van der Waals surface area contributed by atoms with Gasteiger partial charge in [0.2, 0.25) is 0 Å². The highest BCUT2D eigenvalue weighted by atomic mass is 32.2. The molecule has 1 saturated heterocycles. The molecule has 4 rings (SSSR count). The predicted molar refractivity (Wildman–Crippen MR) is 110 cm³/mol. The van der Waals surface area contributed by atoms with E-state index in [1.165, 1.54) is 28.8 Å². The van der Waals surface area contributed by atoms with E-state index < -0.39 is 21.4 Å². The van der Waals surface area contributed by atoms with Crippen LogP contribution >= 0.6 is 11.8 Å². The molecule has 29 heavy (non-hydrogen) atoms. The van der Waals surface area contributed by atoms with Crippen LogP contribution in [0.25, 0.3) is 22.6 Å². The lowest BCUT2D eigenvalue weighted by Crippen LogP contribution is -2.42. The van der Waals surface area contributed by atoms with Crippen molar-refractivity contribution in [2.45, 2.75) is 6.42 Å². The number of imide groups is 1. The maximum atomic E-state index is 12.3. The second-order valence-corrected chi connectivity index (χ2v) is 9.89. The van der Waals surface area contributed by atoms with Gasteiger partial charge in [-0.2, -0.15) is 17.0 Å². The number of hydrogen-bond donors (Lipinski definition) is 1. The van der Waals surface area contributed by atoms with E-state index in [1.54, 1.807) is 18.5 Å². The van der Waals surface area contributed by atoms with Crippen molar-refractivity contribution in [3.63, 3.8) is 0 Å². The summed E-state index contributed by atoms with van der Waals surface area (Å²) in [6, 6.07) is 1.75. The van der Waals surface area contributed by atoms with Gasteiger partial charge in [-0.3, -0.25) is 19.9 Å². The van der Waals surface area contributed by atoms with Gasteiger partial charge in [0.25, 0.3) is 21.4 Å². The maximum absolute atomic E-state index is 12.3. The summed E-state index contributed by atoms with van der Waals surface area (Å²) in [6.45, 7) is 0.627. The van der Waals surface area contributed by atoms with Gasteiger partial charge in [0.05, 0.1) is 4.91 Å². The molecule has 0 bridgehead atoms. The van der Waals surface area contributed by atoms with Gasteiger partial charge in [-0.05, 0) is 29.8 Å². The zero-order valence-corrected chi connectivity index (χ0v) is 17.3. The molecule has 0 radical (unpaired) electrons. The summed E-state index contributed by atoms with van der Waals surface area (Å²) in [5, 5.41) is 2.55. The van der Waals surface area contributed by atoms with Crippen molar-refractivity contribution < 1.29 is 22.4 Å². The summed E-state index contributed by atoms with van der Waals surface area (Å²) < 4.78 is 33.1. The summed E-state index contributed by atoms with van der Waals surface area (Å²) in [5.41, 5.74) is 2.34. The fourth-order valence-corrected chi connectivity index (χ4v) is 4.88. The number of carbonyl (C=O) groups excluding carboxylic acids is 2. The van der Waals surface area contributed by atoms with Crippen molar-refractivity contribution in [3.05, 3.63) is 40.8 Å². The lowest BCUT2D eigenvalue weighted by atomic mass is 10.0. The molecule has 152 valence electrons. The number of thioether (sulfide) groups is 1. The minimum Gasteiger partial charge on any atom is -0.456 e. The van der Waals surface area contributed by atoms with E-state index in [9.17, 15) is 18.0 Å². The van der Waals surface area contributed by atoms with Crippen molar-refractivity contribution in [2.75, 3.05) is 27.2 Å². The van der Waals surface area contributed by atoms with Crippen LogP contribution in [0.3, 0.4) is 0 Å². The number of furan rings is 1. The minimum atomic E-state index is -3.46. The molecule has 2 aromatic heterocycles. The third-order valence-corrected chi connectivity index (χ3v) is 7.38. The number of carbonyl (C=O) groups is 2. The van der Waals surface area contributed by atoms with Gasteiger partial charge in [-0.25, -0.2) is 0 Å². The smallest absolute Gasteiger partial charge is 0.290 e. The molecule has 0 saturated carbocycles. The Kier molecular flexibility index (Phi) is 5.07. The Hall–Kier alpha value is -2.47. The Balaban J connectivity index is 1.65. The van der Waals surface area contributed by atoms with Crippen molar-refractivity contribution in [2.24, 2.45) is 0 Å². The van der Waals surface area contributed by atoms with Crippen LogP contribution < -0.4 is 5.32 Å². The Morgan fingerprint density at radius 2 is 2.10 bits per heavy atom. The molecule has 4 heterocycles. The van der Waals surface area contributed by atoms with Gasteiger partial charge < -0.3 is 4.42 Å². The molecule has 2 aromatic rings.